The van der Waals surface area contributed by atoms with Crippen LogP contribution in [0.15, 0.2) is 73.4 Å². The number of rotatable bonds is 6. The molecule has 0 aromatic carbocycles. The van der Waals surface area contributed by atoms with Gasteiger partial charge in [0.1, 0.15) is 0 Å². The summed E-state index contributed by atoms with van der Waals surface area (Å²) in [6.07, 6.45) is 8.62. The van der Waals surface area contributed by atoms with Gasteiger partial charge in [-0.3, -0.25) is 15.4 Å². The second kappa shape index (κ2) is 6.99. The Balaban J connectivity index is 2.03. The maximum absolute atomic E-state index is 8.01. The van der Waals surface area contributed by atoms with Crippen molar-refractivity contribution in [3.05, 3.63) is 84.6 Å². The molecule has 2 heterocycles. The molecule has 0 atom stereocenters. The molecule has 2 aromatic rings. The highest BCUT2D eigenvalue weighted by Gasteiger charge is 2.00. The maximum Gasteiger partial charge on any atom is 0.0879 e. The minimum absolute atomic E-state index is 0.346. The van der Waals surface area contributed by atoms with Crippen molar-refractivity contribution in [1.29, 1.82) is 5.41 Å². The van der Waals surface area contributed by atoms with Crippen molar-refractivity contribution in [3.63, 3.8) is 0 Å². The minimum Gasteiger partial charge on any atom is -0.381 e. The van der Waals surface area contributed by atoms with Crippen molar-refractivity contribution < 1.29 is 0 Å². The highest BCUT2D eigenvalue weighted by Crippen LogP contribution is 2.02. The minimum atomic E-state index is 0.346. The van der Waals surface area contributed by atoms with Crippen molar-refractivity contribution >= 4 is 5.71 Å². The summed E-state index contributed by atoms with van der Waals surface area (Å²) in [5.41, 5.74) is 2.84. The van der Waals surface area contributed by atoms with Gasteiger partial charge in [-0.15, -0.1) is 0 Å². The standard InChI is InChI=1S/C16H16N4/c1-2-14(20-12-13-6-5-8-18-11-13)10-15(17)16-7-3-4-9-19-16/h2-11,17,20H,1,12H2/b14-10-,17-15?. The topological polar surface area (TPSA) is 61.7 Å². The van der Waals surface area contributed by atoms with Gasteiger partial charge in [0.15, 0.2) is 0 Å². The molecule has 4 nitrogen and oxygen atoms in total. The Labute approximate surface area is 118 Å². The summed E-state index contributed by atoms with van der Waals surface area (Å²) in [6, 6.07) is 9.38. The third-order valence-corrected chi connectivity index (χ3v) is 2.68. The molecule has 0 unspecified atom stereocenters. The fraction of sp³-hybridized carbons (Fsp3) is 0.0625. The van der Waals surface area contributed by atoms with Crippen LogP contribution in [0.5, 0.6) is 0 Å². The zero-order valence-corrected chi connectivity index (χ0v) is 11.1. The van der Waals surface area contributed by atoms with Gasteiger partial charge >= 0.3 is 0 Å². The Hall–Kier alpha value is -2.75. The van der Waals surface area contributed by atoms with E-state index in [4.69, 9.17) is 5.41 Å². The second-order valence-electron chi connectivity index (χ2n) is 4.15. The Morgan fingerprint density at radius 3 is 2.80 bits per heavy atom. The van der Waals surface area contributed by atoms with E-state index in [1.807, 2.05) is 24.3 Å². The predicted molar refractivity (Wildman–Crippen MR) is 80.4 cm³/mol. The van der Waals surface area contributed by atoms with Crippen molar-refractivity contribution in [3.8, 4) is 0 Å². The number of pyridine rings is 2. The highest BCUT2D eigenvalue weighted by atomic mass is 14.9. The molecular formula is C16H16N4. The molecule has 100 valence electrons. The first-order valence-electron chi connectivity index (χ1n) is 6.26. The molecule has 2 N–H and O–H groups in total. The molecule has 0 amide bonds. The predicted octanol–water partition coefficient (Wildman–Crippen LogP) is 2.70. The van der Waals surface area contributed by atoms with Crippen LogP contribution in [0.2, 0.25) is 0 Å². The van der Waals surface area contributed by atoms with Crippen molar-refractivity contribution in [2.45, 2.75) is 6.54 Å². The third kappa shape index (κ3) is 3.88. The van der Waals surface area contributed by atoms with Gasteiger partial charge < -0.3 is 5.32 Å². The lowest BCUT2D eigenvalue weighted by atomic mass is 10.2. The van der Waals surface area contributed by atoms with Crippen LogP contribution in [-0.2, 0) is 6.54 Å². The summed E-state index contributed by atoms with van der Waals surface area (Å²) in [4.78, 5) is 8.20. The SMILES string of the molecule is C=C/C(=C/C(=N)c1ccccn1)NCc1cccnc1. The molecule has 4 heteroatoms. The Bertz CT molecular complexity index is 603. The molecule has 0 aliphatic rings. The molecule has 0 bridgehead atoms. The molecule has 0 saturated heterocycles. The average molecular weight is 264 g/mol. The zero-order valence-electron chi connectivity index (χ0n) is 11.1. The van der Waals surface area contributed by atoms with Crippen LogP contribution in [0.25, 0.3) is 0 Å². The fourth-order valence-electron chi connectivity index (χ4n) is 1.64. The van der Waals surface area contributed by atoms with E-state index in [9.17, 15) is 0 Å². The highest BCUT2D eigenvalue weighted by molar-refractivity contribution is 6.05. The number of nitrogens with one attached hydrogen (secondary N) is 2. The van der Waals surface area contributed by atoms with Crippen LogP contribution in [-0.4, -0.2) is 15.7 Å². The molecule has 0 aliphatic heterocycles. The van der Waals surface area contributed by atoms with Gasteiger partial charge in [-0.25, -0.2) is 0 Å². The van der Waals surface area contributed by atoms with E-state index in [1.54, 1.807) is 36.8 Å². The van der Waals surface area contributed by atoms with E-state index in [1.165, 1.54) is 0 Å². The van der Waals surface area contributed by atoms with E-state index in [2.05, 4.69) is 21.9 Å². The van der Waals surface area contributed by atoms with Crippen LogP contribution in [0.3, 0.4) is 0 Å². The van der Waals surface area contributed by atoms with E-state index < -0.39 is 0 Å². The van der Waals surface area contributed by atoms with Gasteiger partial charge in [-0.1, -0.05) is 18.7 Å². The average Bonchev–Trinajstić information content (AvgIpc) is 2.53. The second-order valence-corrected chi connectivity index (χ2v) is 4.15. The molecule has 0 fully saturated rings. The van der Waals surface area contributed by atoms with Crippen molar-refractivity contribution in [2.75, 3.05) is 0 Å². The monoisotopic (exact) mass is 264 g/mol. The molecule has 0 radical (unpaired) electrons. The number of aromatic nitrogens is 2. The first-order valence-corrected chi connectivity index (χ1v) is 6.26. The summed E-state index contributed by atoms with van der Waals surface area (Å²) < 4.78 is 0. The summed E-state index contributed by atoms with van der Waals surface area (Å²) in [6.45, 7) is 4.40. The van der Waals surface area contributed by atoms with Crippen LogP contribution in [0.4, 0.5) is 0 Å². The van der Waals surface area contributed by atoms with Gasteiger partial charge in [-0.05, 0) is 35.9 Å². The molecular weight excluding hydrogens is 248 g/mol. The summed E-state index contributed by atoms with van der Waals surface area (Å²) in [5, 5.41) is 11.2. The van der Waals surface area contributed by atoms with Gasteiger partial charge in [0, 0.05) is 30.8 Å². The van der Waals surface area contributed by atoms with E-state index in [0.29, 0.717) is 18.0 Å². The van der Waals surface area contributed by atoms with Crippen molar-refractivity contribution in [2.24, 2.45) is 0 Å². The van der Waals surface area contributed by atoms with Crippen LogP contribution in [0.1, 0.15) is 11.3 Å². The Morgan fingerprint density at radius 1 is 1.25 bits per heavy atom. The lowest BCUT2D eigenvalue weighted by molar-refractivity contribution is 0.830. The largest absolute Gasteiger partial charge is 0.381 e. The third-order valence-electron chi connectivity index (χ3n) is 2.68. The van der Waals surface area contributed by atoms with Gasteiger partial charge in [0.05, 0.1) is 11.4 Å². The molecule has 0 spiro atoms. The van der Waals surface area contributed by atoms with E-state index in [-0.39, 0.29) is 0 Å². The zero-order chi connectivity index (χ0) is 14.2. The fourth-order valence-corrected chi connectivity index (χ4v) is 1.64. The first kappa shape index (κ1) is 13.7. The first-order chi connectivity index (χ1) is 9.79. The summed E-state index contributed by atoms with van der Waals surface area (Å²) >= 11 is 0. The van der Waals surface area contributed by atoms with Crippen LogP contribution >= 0.6 is 0 Å². The molecule has 2 rings (SSSR count). The molecule has 2 aromatic heterocycles. The number of nitrogens with zero attached hydrogens (tertiary/aromatic N) is 2. The normalized spacial score (nSPS) is 10.9. The van der Waals surface area contributed by atoms with Crippen molar-refractivity contribution in [1.82, 2.24) is 15.3 Å². The maximum atomic E-state index is 8.01. The van der Waals surface area contributed by atoms with E-state index >= 15 is 0 Å². The number of hydrogen-bond acceptors (Lipinski definition) is 4. The summed E-state index contributed by atoms with van der Waals surface area (Å²) in [5.74, 6) is 0. The lowest BCUT2D eigenvalue weighted by Gasteiger charge is -2.07. The van der Waals surface area contributed by atoms with Gasteiger partial charge in [0.25, 0.3) is 0 Å². The van der Waals surface area contributed by atoms with Gasteiger partial charge in [-0.2, -0.15) is 0 Å². The molecule has 20 heavy (non-hydrogen) atoms. The smallest absolute Gasteiger partial charge is 0.0879 e. The number of allylic oxidation sites excluding steroid dienone is 2. The molecule has 0 aliphatic carbocycles. The lowest BCUT2D eigenvalue weighted by Crippen LogP contribution is -2.13. The van der Waals surface area contributed by atoms with Gasteiger partial charge in [0.2, 0.25) is 0 Å². The van der Waals surface area contributed by atoms with Crippen LogP contribution < -0.4 is 5.32 Å². The number of hydrogen-bond donors (Lipinski definition) is 2. The van der Waals surface area contributed by atoms with Crippen LogP contribution in [0, 0.1) is 5.41 Å². The van der Waals surface area contributed by atoms with E-state index in [0.717, 1.165) is 11.3 Å². The Kier molecular flexibility index (Phi) is 4.78. The Morgan fingerprint density at radius 2 is 2.15 bits per heavy atom. The quantitative estimate of drug-likeness (QED) is 0.623. The summed E-state index contributed by atoms with van der Waals surface area (Å²) in [7, 11) is 0. The molecule has 0 saturated carbocycles.